The van der Waals surface area contributed by atoms with E-state index in [-0.39, 0.29) is 24.8 Å². The molecule has 0 aliphatic carbocycles. The quantitative estimate of drug-likeness (QED) is 0.558. The molecule has 3 aromatic rings. The van der Waals surface area contributed by atoms with Gasteiger partial charge in [0.25, 0.3) is 5.91 Å². The summed E-state index contributed by atoms with van der Waals surface area (Å²) in [6, 6.07) is 18.9. The Kier molecular flexibility index (Phi) is 7.31. The highest BCUT2D eigenvalue weighted by atomic mass is 35.5. The molecule has 156 valence electrons. The van der Waals surface area contributed by atoms with Gasteiger partial charge in [-0.25, -0.2) is 0 Å². The number of hydrogen-bond donors (Lipinski definition) is 1. The smallest absolute Gasteiger partial charge is 0.260 e. The minimum Gasteiger partial charge on any atom is -0.482 e. The molecule has 1 N–H and O–H groups in total. The Hall–Kier alpha value is -3.05. The molecule has 0 bridgehead atoms. The first-order chi connectivity index (χ1) is 14.5. The molecule has 3 aromatic carbocycles. The highest BCUT2D eigenvalue weighted by molar-refractivity contribution is 6.32. The number of carbonyl (C=O) groups excluding carboxylic acids is 2. The van der Waals surface area contributed by atoms with Crippen molar-refractivity contribution in [3.8, 4) is 5.75 Å². The number of nitrogens with one attached hydrogen (secondary N) is 1. The summed E-state index contributed by atoms with van der Waals surface area (Å²) in [7, 11) is 0. The van der Waals surface area contributed by atoms with Gasteiger partial charge in [0.05, 0.1) is 11.4 Å². The zero-order valence-electron chi connectivity index (χ0n) is 17.2. The van der Waals surface area contributed by atoms with Crippen LogP contribution in [0.3, 0.4) is 0 Å². The van der Waals surface area contributed by atoms with E-state index in [2.05, 4.69) is 5.32 Å². The molecule has 6 heteroatoms. The zero-order valence-corrected chi connectivity index (χ0v) is 17.9. The van der Waals surface area contributed by atoms with Gasteiger partial charge >= 0.3 is 0 Å². The van der Waals surface area contributed by atoms with Crippen LogP contribution in [0.1, 0.15) is 19.4 Å². The van der Waals surface area contributed by atoms with Crippen molar-refractivity contribution < 1.29 is 14.3 Å². The minimum absolute atomic E-state index is 0.0752. The van der Waals surface area contributed by atoms with Gasteiger partial charge in [0.1, 0.15) is 5.75 Å². The third-order valence-corrected chi connectivity index (χ3v) is 5.21. The molecule has 0 aliphatic rings. The van der Waals surface area contributed by atoms with Gasteiger partial charge in [-0.3, -0.25) is 9.59 Å². The lowest BCUT2D eigenvalue weighted by Gasteiger charge is -2.19. The van der Waals surface area contributed by atoms with Crippen LogP contribution < -0.4 is 10.1 Å². The second-order valence-corrected chi connectivity index (χ2v) is 7.27. The SMILES string of the molecule is CCN(CC)C(=O)COc1ccc(NC(=O)Cc2cccc3ccccc23)cc1Cl. The lowest BCUT2D eigenvalue weighted by molar-refractivity contribution is -0.133. The number of rotatable bonds is 8. The Bertz CT molecular complexity index is 1040. The van der Waals surface area contributed by atoms with Gasteiger partial charge in [-0.2, -0.15) is 0 Å². The van der Waals surface area contributed by atoms with Crippen LogP contribution in [-0.4, -0.2) is 36.4 Å². The molecule has 0 saturated heterocycles. The number of halogens is 1. The number of benzene rings is 3. The third-order valence-electron chi connectivity index (χ3n) is 4.91. The standard InChI is InChI=1S/C24H25ClN2O3/c1-3-27(4-2)24(29)16-30-22-13-12-19(15-21(22)25)26-23(28)14-18-10-7-9-17-8-5-6-11-20(17)18/h5-13,15H,3-4,14,16H2,1-2H3,(H,26,28). The van der Waals surface area contributed by atoms with Gasteiger partial charge in [-0.1, -0.05) is 54.1 Å². The maximum Gasteiger partial charge on any atom is 0.260 e. The zero-order chi connectivity index (χ0) is 21.5. The molecular weight excluding hydrogens is 400 g/mol. The fourth-order valence-corrected chi connectivity index (χ4v) is 3.56. The van der Waals surface area contributed by atoms with Gasteiger partial charge in [0.2, 0.25) is 5.91 Å². The van der Waals surface area contributed by atoms with Gasteiger partial charge in [-0.05, 0) is 48.4 Å². The van der Waals surface area contributed by atoms with Crippen molar-refractivity contribution >= 4 is 39.9 Å². The number of fused-ring (bicyclic) bond motifs is 1. The van der Waals surface area contributed by atoms with Crippen LogP contribution in [-0.2, 0) is 16.0 Å². The Morgan fingerprint density at radius 1 is 1.00 bits per heavy atom. The Morgan fingerprint density at radius 3 is 2.47 bits per heavy atom. The van der Waals surface area contributed by atoms with E-state index in [1.54, 1.807) is 23.1 Å². The minimum atomic E-state index is -0.132. The molecule has 0 spiro atoms. The highest BCUT2D eigenvalue weighted by Crippen LogP contribution is 2.28. The molecule has 2 amide bonds. The predicted molar refractivity (Wildman–Crippen MR) is 121 cm³/mol. The molecule has 0 unspecified atom stereocenters. The lowest BCUT2D eigenvalue weighted by atomic mass is 10.0. The summed E-state index contributed by atoms with van der Waals surface area (Å²) in [5, 5.41) is 5.38. The second kappa shape index (κ2) is 10.1. The van der Waals surface area contributed by atoms with Crippen LogP contribution in [0, 0.1) is 0 Å². The van der Waals surface area contributed by atoms with Crippen LogP contribution in [0.15, 0.2) is 60.7 Å². The molecule has 0 heterocycles. The molecular formula is C24H25ClN2O3. The number of hydrogen-bond acceptors (Lipinski definition) is 3. The highest BCUT2D eigenvalue weighted by Gasteiger charge is 2.13. The number of ether oxygens (including phenoxy) is 1. The van der Waals surface area contributed by atoms with Crippen LogP contribution >= 0.6 is 11.6 Å². The van der Waals surface area contributed by atoms with E-state index >= 15 is 0 Å². The summed E-state index contributed by atoms with van der Waals surface area (Å²) >= 11 is 6.28. The second-order valence-electron chi connectivity index (χ2n) is 6.86. The molecule has 0 aliphatic heterocycles. The molecule has 0 atom stereocenters. The van der Waals surface area contributed by atoms with Crippen molar-refractivity contribution in [2.24, 2.45) is 0 Å². The fourth-order valence-electron chi connectivity index (χ4n) is 3.33. The summed E-state index contributed by atoms with van der Waals surface area (Å²) in [4.78, 5) is 26.3. The van der Waals surface area contributed by atoms with E-state index in [4.69, 9.17) is 16.3 Å². The van der Waals surface area contributed by atoms with Crippen molar-refractivity contribution in [3.63, 3.8) is 0 Å². The molecule has 0 aromatic heterocycles. The lowest BCUT2D eigenvalue weighted by Crippen LogP contribution is -2.34. The summed E-state index contributed by atoms with van der Waals surface area (Å²) in [6.45, 7) is 5.03. The number of carbonyl (C=O) groups is 2. The molecule has 5 nitrogen and oxygen atoms in total. The third kappa shape index (κ3) is 5.30. The normalized spacial score (nSPS) is 10.6. The predicted octanol–water partition coefficient (Wildman–Crippen LogP) is 4.92. The monoisotopic (exact) mass is 424 g/mol. The van der Waals surface area contributed by atoms with Crippen LogP contribution in [0.2, 0.25) is 5.02 Å². The van der Waals surface area contributed by atoms with Crippen molar-refractivity contribution in [1.29, 1.82) is 0 Å². The Morgan fingerprint density at radius 2 is 1.73 bits per heavy atom. The van der Waals surface area contributed by atoms with Gasteiger partial charge < -0.3 is 15.0 Å². The maximum absolute atomic E-state index is 12.5. The van der Waals surface area contributed by atoms with E-state index in [1.807, 2.05) is 56.3 Å². The maximum atomic E-state index is 12.5. The summed E-state index contributed by atoms with van der Waals surface area (Å²) in [6.07, 6.45) is 0.260. The topological polar surface area (TPSA) is 58.6 Å². The number of amides is 2. The first-order valence-electron chi connectivity index (χ1n) is 9.98. The fraction of sp³-hybridized carbons (Fsp3) is 0.250. The van der Waals surface area contributed by atoms with Crippen LogP contribution in [0.5, 0.6) is 5.75 Å². The summed E-state index contributed by atoms with van der Waals surface area (Å²) < 4.78 is 5.55. The molecule has 30 heavy (non-hydrogen) atoms. The van der Waals surface area contributed by atoms with Crippen LogP contribution in [0.4, 0.5) is 5.69 Å². The summed E-state index contributed by atoms with van der Waals surface area (Å²) in [5.74, 6) is 0.181. The Balaban J connectivity index is 1.62. The largest absolute Gasteiger partial charge is 0.482 e. The van der Waals surface area contributed by atoms with Gasteiger partial charge in [0.15, 0.2) is 6.61 Å². The van der Waals surface area contributed by atoms with Crippen molar-refractivity contribution in [3.05, 3.63) is 71.2 Å². The molecule has 0 fully saturated rings. The number of likely N-dealkylation sites (N-methyl/N-ethyl adjacent to an activating group) is 1. The van der Waals surface area contributed by atoms with E-state index in [9.17, 15) is 9.59 Å². The van der Waals surface area contributed by atoms with Crippen molar-refractivity contribution in [1.82, 2.24) is 4.90 Å². The van der Waals surface area contributed by atoms with E-state index < -0.39 is 0 Å². The first kappa shape index (κ1) is 21.7. The average Bonchev–Trinajstić information content (AvgIpc) is 2.74. The van der Waals surface area contributed by atoms with E-state index in [0.717, 1.165) is 16.3 Å². The van der Waals surface area contributed by atoms with E-state index in [0.29, 0.717) is 29.5 Å². The summed E-state index contributed by atoms with van der Waals surface area (Å²) in [5.41, 5.74) is 1.54. The first-order valence-corrected chi connectivity index (χ1v) is 10.4. The number of anilines is 1. The average molecular weight is 425 g/mol. The van der Waals surface area contributed by atoms with Crippen molar-refractivity contribution in [2.45, 2.75) is 20.3 Å². The van der Waals surface area contributed by atoms with Crippen LogP contribution in [0.25, 0.3) is 10.8 Å². The van der Waals surface area contributed by atoms with Gasteiger partial charge in [0, 0.05) is 18.8 Å². The molecule has 3 rings (SSSR count). The Labute approximate surface area is 181 Å². The molecule has 0 saturated carbocycles. The van der Waals surface area contributed by atoms with Gasteiger partial charge in [-0.15, -0.1) is 0 Å². The van der Waals surface area contributed by atoms with Crippen molar-refractivity contribution in [2.75, 3.05) is 25.0 Å². The molecule has 0 radical (unpaired) electrons. The number of nitrogens with zero attached hydrogens (tertiary/aromatic N) is 1. The van der Waals surface area contributed by atoms with E-state index in [1.165, 1.54) is 0 Å².